The van der Waals surface area contributed by atoms with Crippen molar-refractivity contribution in [1.82, 2.24) is 0 Å². The maximum atomic E-state index is 11.7. The third-order valence-electron chi connectivity index (χ3n) is 2.77. The van der Waals surface area contributed by atoms with Gasteiger partial charge in [-0.1, -0.05) is 51.8 Å². The number of benzene rings is 1. The standard InChI is InChI=1S/C11H14O3S.C4H10O2.C3H8.C2H6/c1-9-3-5-11(6-4-9)15(13,14)8-7-10(2)12;1-4(5-2)6-3;1-3-2;1-2/h3-6H,7-8H2,1-2H3;4H,1-3H3;3H2,1-2H3;1-2H3. The van der Waals surface area contributed by atoms with Crippen molar-refractivity contribution in [2.45, 2.75) is 72.5 Å². The molecule has 6 heteroatoms. The van der Waals surface area contributed by atoms with Crippen LogP contribution in [0.25, 0.3) is 0 Å². The SMILES string of the molecule is CC.CC(=O)CCS(=O)(=O)c1ccc(C)cc1.CCC.COC(C)OC. The third-order valence-corrected chi connectivity index (χ3v) is 4.50. The summed E-state index contributed by atoms with van der Waals surface area (Å²) in [6.07, 6.45) is 1.26. The highest BCUT2D eigenvalue weighted by Gasteiger charge is 2.14. The summed E-state index contributed by atoms with van der Waals surface area (Å²) in [4.78, 5) is 11.0. The molecule has 0 heterocycles. The van der Waals surface area contributed by atoms with Gasteiger partial charge in [-0.25, -0.2) is 8.42 Å². The summed E-state index contributed by atoms with van der Waals surface area (Å²) < 4.78 is 32.7. The molecule has 0 unspecified atom stereocenters. The molecule has 1 rings (SSSR count). The van der Waals surface area contributed by atoms with Gasteiger partial charge in [-0.15, -0.1) is 0 Å². The van der Waals surface area contributed by atoms with Gasteiger partial charge in [0.2, 0.25) is 0 Å². The average molecular weight is 391 g/mol. The van der Waals surface area contributed by atoms with Crippen LogP contribution in [0.1, 0.15) is 59.9 Å². The predicted molar refractivity (Wildman–Crippen MR) is 109 cm³/mol. The largest absolute Gasteiger partial charge is 0.356 e. The molecule has 0 saturated carbocycles. The number of hydrogen-bond donors (Lipinski definition) is 0. The fraction of sp³-hybridized carbons (Fsp3) is 0.650. The van der Waals surface area contributed by atoms with Crippen LogP contribution < -0.4 is 0 Å². The van der Waals surface area contributed by atoms with E-state index in [0.717, 1.165) is 5.56 Å². The van der Waals surface area contributed by atoms with E-state index in [4.69, 9.17) is 0 Å². The highest BCUT2D eigenvalue weighted by Crippen LogP contribution is 2.12. The molecule has 0 aliphatic rings. The lowest BCUT2D eigenvalue weighted by atomic mass is 10.2. The first-order valence-electron chi connectivity index (χ1n) is 8.98. The van der Waals surface area contributed by atoms with E-state index in [9.17, 15) is 13.2 Å². The average Bonchev–Trinajstić information content (AvgIpc) is 2.62. The Labute approximate surface area is 161 Å². The quantitative estimate of drug-likeness (QED) is 0.652. The van der Waals surface area contributed by atoms with Crippen molar-refractivity contribution in [3.05, 3.63) is 29.8 Å². The second-order valence-electron chi connectivity index (χ2n) is 5.33. The molecule has 5 nitrogen and oxygen atoms in total. The van der Waals surface area contributed by atoms with Gasteiger partial charge in [0.1, 0.15) is 5.78 Å². The minimum absolute atomic E-state index is 0.0648. The van der Waals surface area contributed by atoms with E-state index in [2.05, 4.69) is 23.3 Å². The first kappa shape index (κ1) is 29.5. The van der Waals surface area contributed by atoms with E-state index in [1.165, 1.54) is 13.3 Å². The second-order valence-corrected chi connectivity index (χ2v) is 7.44. The van der Waals surface area contributed by atoms with Crippen molar-refractivity contribution < 1.29 is 22.7 Å². The number of carbonyl (C=O) groups excluding carboxylic acids is 1. The minimum Gasteiger partial charge on any atom is -0.356 e. The fourth-order valence-corrected chi connectivity index (χ4v) is 2.58. The molecule has 0 fully saturated rings. The first-order chi connectivity index (χ1) is 12.1. The van der Waals surface area contributed by atoms with Gasteiger partial charge in [0.05, 0.1) is 10.6 Å². The van der Waals surface area contributed by atoms with E-state index >= 15 is 0 Å². The molecule has 0 amide bonds. The van der Waals surface area contributed by atoms with Gasteiger partial charge in [0.25, 0.3) is 0 Å². The van der Waals surface area contributed by atoms with Crippen molar-refractivity contribution in [3.63, 3.8) is 0 Å². The molecule has 0 spiro atoms. The summed E-state index contributed by atoms with van der Waals surface area (Å²) in [5.74, 6) is -0.212. The molecule has 0 bridgehead atoms. The lowest BCUT2D eigenvalue weighted by Crippen LogP contribution is -2.09. The Kier molecular flexibility index (Phi) is 21.1. The van der Waals surface area contributed by atoms with Crippen molar-refractivity contribution >= 4 is 15.6 Å². The van der Waals surface area contributed by atoms with Crippen molar-refractivity contribution in [2.24, 2.45) is 0 Å². The van der Waals surface area contributed by atoms with Gasteiger partial charge in [-0.2, -0.15) is 0 Å². The number of Topliss-reactive ketones (excluding diaryl/α,β-unsaturated/α-hetero) is 1. The normalized spacial score (nSPS) is 9.77. The van der Waals surface area contributed by atoms with Crippen molar-refractivity contribution in [3.8, 4) is 0 Å². The Balaban J connectivity index is -0.000000401. The highest BCUT2D eigenvalue weighted by molar-refractivity contribution is 7.91. The zero-order valence-corrected chi connectivity index (χ0v) is 18.8. The Morgan fingerprint density at radius 3 is 1.69 bits per heavy atom. The molecule has 0 aliphatic heterocycles. The summed E-state index contributed by atoms with van der Waals surface area (Å²) in [5.41, 5.74) is 1.01. The van der Waals surface area contributed by atoms with Crippen molar-refractivity contribution in [1.29, 1.82) is 0 Å². The molecule has 1 aromatic carbocycles. The number of methoxy groups -OCH3 is 2. The molecule has 154 valence electrons. The van der Waals surface area contributed by atoms with Crippen LogP contribution in [-0.4, -0.2) is 40.5 Å². The summed E-state index contributed by atoms with van der Waals surface area (Å²) in [6.45, 7) is 13.4. The maximum absolute atomic E-state index is 11.7. The first-order valence-corrected chi connectivity index (χ1v) is 10.6. The molecule has 0 N–H and O–H groups in total. The summed E-state index contributed by atoms with van der Waals surface area (Å²) in [6, 6.07) is 6.65. The minimum atomic E-state index is -3.29. The van der Waals surface area contributed by atoms with Crippen LogP contribution in [-0.2, 0) is 24.1 Å². The molecule has 0 saturated heterocycles. The van der Waals surface area contributed by atoms with E-state index in [-0.39, 0.29) is 29.1 Å². The van der Waals surface area contributed by atoms with Gasteiger partial charge in [-0.05, 0) is 32.9 Å². The number of hydrogen-bond acceptors (Lipinski definition) is 5. The summed E-state index contributed by atoms with van der Waals surface area (Å²) in [7, 11) is -0.0823. The number of ether oxygens (including phenoxy) is 2. The van der Waals surface area contributed by atoms with Crippen LogP contribution in [0.4, 0.5) is 0 Å². The number of carbonyl (C=O) groups is 1. The van der Waals surface area contributed by atoms with Crippen molar-refractivity contribution in [2.75, 3.05) is 20.0 Å². The van der Waals surface area contributed by atoms with Gasteiger partial charge < -0.3 is 9.47 Å². The van der Waals surface area contributed by atoms with E-state index < -0.39 is 9.84 Å². The number of sulfone groups is 1. The molecular weight excluding hydrogens is 352 g/mol. The van der Waals surface area contributed by atoms with Gasteiger partial charge in [-0.3, -0.25) is 4.79 Å². The van der Waals surface area contributed by atoms with E-state index in [1.54, 1.807) is 38.5 Å². The smallest absolute Gasteiger partial charge is 0.178 e. The lowest BCUT2D eigenvalue weighted by Gasteiger charge is -2.03. The van der Waals surface area contributed by atoms with Crippen LogP contribution >= 0.6 is 0 Å². The monoisotopic (exact) mass is 390 g/mol. The Bertz CT molecular complexity index is 532. The van der Waals surface area contributed by atoms with Gasteiger partial charge in [0, 0.05) is 20.6 Å². The van der Waals surface area contributed by atoms with Crippen LogP contribution in [0.2, 0.25) is 0 Å². The van der Waals surface area contributed by atoms with E-state index in [1.807, 2.05) is 27.7 Å². The molecule has 26 heavy (non-hydrogen) atoms. The van der Waals surface area contributed by atoms with Gasteiger partial charge in [0.15, 0.2) is 16.1 Å². The molecule has 0 aliphatic carbocycles. The maximum Gasteiger partial charge on any atom is 0.178 e. The van der Waals surface area contributed by atoms with Crippen LogP contribution in [0, 0.1) is 6.92 Å². The van der Waals surface area contributed by atoms with Crippen LogP contribution in [0.5, 0.6) is 0 Å². The summed E-state index contributed by atoms with van der Waals surface area (Å²) >= 11 is 0. The predicted octanol–water partition coefficient (Wildman–Crippen LogP) is 4.82. The lowest BCUT2D eigenvalue weighted by molar-refractivity contribution is -0.116. The Morgan fingerprint density at radius 1 is 1.04 bits per heavy atom. The molecule has 0 atom stereocenters. The Hall–Kier alpha value is -1.24. The zero-order chi connectivity index (χ0) is 21.2. The Morgan fingerprint density at radius 2 is 1.42 bits per heavy atom. The van der Waals surface area contributed by atoms with Crippen LogP contribution in [0.15, 0.2) is 29.2 Å². The second kappa shape index (κ2) is 18.5. The number of aryl methyl sites for hydroxylation is 1. The summed E-state index contributed by atoms with van der Waals surface area (Å²) in [5, 5.41) is 0. The van der Waals surface area contributed by atoms with Crippen LogP contribution in [0.3, 0.4) is 0 Å². The van der Waals surface area contributed by atoms with E-state index in [0.29, 0.717) is 0 Å². The number of rotatable bonds is 6. The fourth-order valence-electron chi connectivity index (χ4n) is 1.24. The third kappa shape index (κ3) is 17.6. The highest BCUT2D eigenvalue weighted by atomic mass is 32.2. The van der Waals surface area contributed by atoms with Gasteiger partial charge >= 0.3 is 0 Å². The zero-order valence-electron chi connectivity index (χ0n) is 18.0. The topological polar surface area (TPSA) is 69.7 Å². The number of ketones is 1. The molecule has 0 aromatic heterocycles. The molecule has 0 radical (unpaired) electrons. The molecular formula is C20H38O5S. The molecule has 1 aromatic rings.